The number of hydrogen-bond donors (Lipinski definition) is 1. The van der Waals surface area contributed by atoms with Gasteiger partial charge in [-0.05, 0) is 29.8 Å². The highest BCUT2D eigenvalue weighted by molar-refractivity contribution is 5.90. The number of rotatable bonds is 3. The predicted octanol–water partition coefficient (Wildman–Crippen LogP) is 4.46. The molecule has 1 atom stereocenters. The molecule has 0 fully saturated rings. The van der Waals surface area contributed by atoms with Crippen molar-refractivity contribution in [1.29, 1.82) is 5.26 Å². The summed E-state index contributed by atoms with van der Waals surface area (Å²) in [7, 11) is 0. The normalized spacial score (nSPS) is 15.9. The van der Waals surface area contributed by atoms with Crippen LogP contribution in [0.1, 0.15) is 24.0 Å². The highest BCUT2D eigenvalue weighted by Crippen LogP contribution is 2.47. The maximum atomic E-state index is 9.80. The second kappa shape index (κ2) is 6.45. The van der Waals surface area contributed by atoms with E-state index in [9.17, 15) is 5.26 Å². The SMILES string of the molecule is CCOc1ccccc1C1C(C#N)=C(N)Oc2ccc3ccccc3c21. The zero-order valence-corrected chi connectivity index (χ0v) is 14.4. The lowest BCUT2D eigenvalue weighted by atomic mass is 9.81. The molecule has 0 bridgehead atoms. The molecule has 0 amide bonds. The highest BCUT2D eigenvalue weighted by Gasteiger charge is 2.33. The second-order valence-electron chi connectivity index (χ2n) is 6.09. The molecule has 0 spiro atoms. The smallest absolute Gasteiger partial charge is 0.205 e. The fraction of sp³-hybridized carbons (Fsp3) is 0.136. The molecule has 3 aromatic rings. The zero-order chi connectivity index (χ0) is 18.1. The van der Waals surface area contributed by atoms with E-state index in [1.165, 1.54) is 0 Å². The Kier molecular flexibility index (Phi) is 3.98. The largest absolute Gasteiger partial charge is 0.494 e. The van der Waals surface area contributed by atoms with Gasteiger partial charge in [0.25, 0.3) is 0 Å². The fourth-order valence-electron chi connectivity index (χ4n) is 3.56. The minimum absolute atomic E-state index is 0.145. The molecule has 0 saturated heterocycles. The Balaban J connectivity index is 2.05. The van der Waals surface area contributed by atoms with Crippen molar-refractivity contribution in [3.63, 3.8) is 0 Å². The van der Waals surface area contributed by atoms with Crippen molar-refractivity contribution in [2.45, 2.75) is 12.8 Å². The number of nitrogens with zero attached hydrogens (tertiary/aromatic N) is 1. The maximum absolute atomic E-state index is 9.80. The molecule has 4 nitrogen and oxygen atoms in total. The van der Waals surface area contributed by atoms with E-state index in [2.05, 4.69) is 12.1 Å². The van der Waals surface area contributed by atoms with E-state index in [1.807, 2.05) is 61.5 Å². The third kappa shape index (κ3) is 2.46. The van der Waals surface area contributed by atoms with Gasteiger partial charge in [-0.15, -0.1) is 0 Å². The lowest BCUT2D eigenvalue weighted by Gasteiger charge is -2.28. The van der Waals surface area contributed by atoms with Crippen LogP contribution in [-0.4, -0.2) is 6.61 Å². The molecule has 3 aromatic carbocycles. The number of para-hydroxylation sites is 1. The van der Waals surface area contributed by atoms with Gasteiger partial charge in [0.2, 0.25) is 5.88 Å². The van der Waals surface area contributed by atoms with Crippen molar-refractivity contribution in [2.75, 3.05) is 6.61 Å². The number of ether oxygens (including phenoxy) is 2. The van der Waals surface area contributed by atoms with E-state index in [0.717, 1.165) is 27.6 Å². The summed E-state index contributed by atoms with van der Waals surface area (Å²) in [5.41, 5.74) is 8.36. The van der Waals surface area contributed by atoms with Crippen LogP contribution in [0.25, 0.3) is 10.8 Å². The standard InChI is InChI=1S/C22H18N2O2/c1-2-25-18-10-6-5-9-16(18)20-17(13-23)22(24)26-19-12-11-14-7-3-4-8-15(14)21(19)20/h3-12,20H,2,24H2,1H3. The van der Waals surface area contributed by atoms with Gasteiger partial charge >= 0.3 is 0 Å². The van der Waals surface area contributed by atoms with Crippen molar-refractivity contribution in [3.05, 3.63) is 83.2 Å². The van der Waals surface area contributed by atoms with E-state index in [4.69, 9.17) is 15.2 Å². The molecule has 128 valence electrons. The van der Waals surface area contributed by atoms with Crippen LogP contribution < -0.4 is 15.2 Å². The van der Waals surface area contributed by atoms with E-state index < -0.39 is 0 Å². The molecule has 1 heterocycles. The van der Waals surface area contributed by atoms with Crippen LogP contribution in [0.15, 0.2) is 72.1 Å². The summed E-state index contributed by atoms with van der Waals surface area (Å²) in [6.07, 6.45) is 0. The molecule has 1 aliphatic heterocycles. The van der Waals surface area contributed by atoms with Gasteiger partial charge in [0, 0.05) is 11.1 Å². The Labute approximate surface area is 152 Å². The maximum Gasteiger partial charge on any atom is 0.205 e. The second-order valence-corrected chi connectivity index (χ2v) is 6.09. The number of allylic oxidation sites excluding steroid dienone is 1. The first-order chi connectivity index (χ1) is 12.7. The quantitative estimate of drug-likeness (QED) is 0.763. The molecule has 4 heteroatoms. The number of nitrogens with two attached hydrogens (primary N) is 1. The van der Waals surface area contributed by atoms with E-state index in [1.54, 1.807) is 0 Å². The van der Waals surface area contributed by atoms with Crippen LogP contribution >= 0.6 is 0 Å². The zero-order valence-electron chi connectivity index (χ0n) is 14.4. The van der Waals surface area contributed by atoms with Crippen LogP contribution in [-0.2, 0) is 0 Å². The van der Waals surface area contributed by atoms with Gasteiger partial charge in [0.05, 0.1) is 12.5 Å². The topological polar surface area (TPSA) is 68.3 Å². The molecule has 0 saturated carbocycles. The van der Waals surface area contributed by atoms with Crippen LogP contribution in [0.3, 0.4) is 0 Å². The monoisotopic (exact) mass is 342 g/mol. The summed E-state index contributed by atoms with van der Waals surface area (Å²) in [4.78, 5) is 0. The van der Waals surface area contributed by atoms with Crippen molar-refractivity contribution >= 4 is 10.8 Å². The Bertz CT molecular complexity index is 1060. The Morgan fingerprint density at radius 2 is 1.85 bits per heavy atom. The summed E-state index contributed by atoms with van der Waals surface area (Å²) in [6, 6.07) is 22.0. The molecule has 0 aromatic heterocycles. The summed E-state index contributed by atoms with van der Waals surface area (Å²) >= 11 is 0. The van der Waals surface area contributed by atoms with Gasteiger partial charge in [0.15, 0.2) is 0 Å². The first-order valence-electron chi connectivity index (χ1n) is 8.55. The fourth-order valence-corrected chi connectivity index (χ4v) is 3.56. The van der Waals surface area contributed by atoms with Crippen molar-refractivity contribution in [2.24, 2.45) is 5.73 Å². The van der Waals surface area contributed by atoms with Gasteiger partial charge in [-0.25, -0.2) is 0 Å². The van der Waals surface area contributed by atoms with Gasteiger partial charge in [-0.1, -0.05) is 48.5 Å². The van der Waals surface area contributed by atoms with Gasteiger partial charge < -0.3 is 15.2 Å². The molecule has 0 radical (unpaired) electrons. The minimum Gasteiger partial charge on any atom is -0.494 e. The van der Waals surface area contributed by atoms with Crippen LogP contribution in [0, 0.1) is 11.3 Å². The average Bonchev–Trinajstić information content (AvgIpc) is 2.67. The molecule has 0 aliphatic carbocycles. The van der Waals surface area contributed by atoms with Crippen LogP contribution in [0.4, 0.5) is 0 Å². The molecule has 2 N–H and O–H groups in total. The van der Waals surface area contributed by atoms with Gasteiger partial charge in [-0.3, -0.25) is 0 Å². The van der Waals surface area contributed by atoms with Gasteiger partial charge in [0.1, 0.15) is 23.1 Å². The molecular weight excluding hydrogens is 324 g/mol. The van der Waals surface area contributed by atoms with Crippen LogP contribution in [0.2, 0.25) is 0 Å². The highest BCUT2D eigenvalue weighted by atomic mass is 16.5. The van der Waals surface area contributed by atoms with Gasteiger partial charge in [-0.2, -0.15) is 5.26 Å². The first kappa shape index (κ1) is 16.0. The first-order valence-corrected chi connectivity index (χ1v) is 8.55. The average molecular weight is 342 g/mol. The third-order valence-electron chi connectivity index (χ3n) is 4.64. The Hall–Kier alpha value is -3.45. The van der Waals surface area contributed by atoms with E-state index in [-0.39, 0.29) is 11.8 Å². The van der Waals surface area contributed by atoms with Crippen molar-refractivity contribution in [3.8, 4) is 17.6 Å². The summed E-state index contributed by atoms with van der Waals surface area (Å²) in [5.74, 6) is 1.24. The Morgan fingerprint density at radius 3 is 2.65 bits per heavy atom. The molecule has 4 rings (SSSR count). The lowest BCUT2D eigenvalue weighted by molar-refractivity contribution is 0.334. The Morgan fingerprint density at radius 1 is 1.08 bits per heavy atom. The van der Waals surface area contributed by atoms with E-state index >= 15 is 0 Å². The summed E-state index contributed by atoms with van der Waals surface area (Å²) in [5, 5.41) is 11.9. The predicted molar refractivity (Wildman–Crippen MR) is 101 cm³/mol. The molecular formula is C22H18N2O2. The van der Waals surface area contributed by atoms with Crippen molar-refractivity contribution in [1.82, 2.24) is 0 Å². The third-order valence-corrected chi connectivity index (χ3v) is 4.64. The number of hydrogen-bond acceptors (Lipinski definition) is 4. The van der Waals surface area contributed by atoms with Crippen molar-refractivity contribution < 1.29 is 9.47 Å². The molecule has 26 heavy (non-hydrogen) atoms. The lowest BCUT2D eigenvalue weighted by Crippen LogP contribution is -2.21. The van der Waals surface area contributed by atoms with E-state index in [0.29, 0.717) is 17.9 Å². The number of fused-ring (bicyclic) bond motifs is 3. The summed E-state index contributed by atoms with van der Waals surface area (Å²) in [6.45, 7) is 2.49. The molecule has 1 unspecified atom stereocenters. The number of benzene rings is 3. The van der Waals surface area contributed by atoms with Crippen LogP contribution in [0.5, 0.6) is 11.5 Å². The summed E-state index contributed by atoms with van der Waals surface area (Å²) < 4.78 is 11.6. The minimum atomic E-state index is -0.336. The number of nitriles is 1. The molecule has 1 aliphatic rings.